The van der Waals surface area contributed by atoms with Gasteiger partial charge in [0.05, 0.1) is 5.92 Å². The van der Waals surface area contributed by atoms with E-state index in [9.17, 15) is 14.0 Å². The average Bonchev–Trinajstić information content (AvgIpc) is 2.42. The van der Waals surface area contributed by atoms with E-state index in [0.29, 0.717) is 12.0 Å². The Balaban J connectivity index is 2.81. The smallest absolute Gasteiger partial charge is 0.326 e. The number of benzene rings is 1. The van der Waals surface area contributed by atoms with Crippen molar-refractivity contribution in [2.24, 2.45) is 5.92 Å². The van der Waals surface area contributed by atoms with E-state index in [4.69, 9.17) is 5.11 Å². The lowest BCUT2D eigenvalue weighted by molar-refractivity contribution is -0.143. The Bertz CT molecular complexity index is 490. The molecule has 3 atom stereocenters. The summed E-state index contributed by atoms with van der Waals surface area (Å²) >= 11 is 0. The summed E-state index contributed by atoms with van der Waals surface area (Å²) in [6.45, 7) is 5.26. The number of carboxylic acids is 1. The Morgan fingerprint density at radius 1 is 1.35 bits per heavy atom. The van der Waals surface area contributed by atoms with Crippen molar-refractivity contribution in [1.82, 2.24) is 5.32 Å². The minimum atomic E-state index is -1.06. The SMILES string of the molecule is CC[C@H](C)[C@H](NC(=O)[C@H](C)c1cccc(F)c1)C(=O)O. The molecule has 20 heavy (non-hydrogen) atoms. The molecule has 0 fully saturated rings. The largest absolute Gasteiger partial charge is 0.480 e. The van der Waals surface area contributed by atoms with Crippen LogP contribution >= 0.6 is 0 Å². The maximum Gasteiger partial charge on any atom is 0.326 e. The van der Waals surface area contributed by atoms with Crippen molar-refractivity contribution in [3.05, 3.63) is 35.6 Å². The van der Waals surface area contributed by atoms with E-state index in [1.807, 2.05) is 6.92 Å². The molecular formula is C15H20FNO3. The number of carbonyl (C=O) groups excluding carboxylic acids is 1. The lowest BCUT2D eigenvalue weighted by atomic mass is 9.96. The first-order valence-electron chi connectivity index (χ1n) is 6.65. The lowest BCUT2D eigenvalue weighted by Crippen LogP contribution is -2.46. The number of carboxylic acid groups (broad SMARTS) is 1. The summed E-state index contributed by atoms with van der Waals surface area (Å²) in [5.74, 6) is -2.66. The van der Waals surface area contributed by atoms with Gasteiger partial charge >= 0.3 is 5.97 Å². The van der Waals surface area contributed by atoms with Crippen LogP contribution in [0.15, 0.2) is 24.3 Å². The molecule has 5 heteroatoms. The van der Waals surface area contributed by atoms with Crippen molar-refractivity contribution in [3.63, 3.8) is 0 Å². The highest BCUT2D eigenvalue weighted by molar-refractivity contribution is 5.87. The van der Waals surface area contributed by atoms with Gasteiger partial charge in [0, 0.05) is 0 Å². The summed E-state index contributed by atoms with van der Waals surface area (Å²) in [6.07, 6.45) is 0.644. The molecule has 0 aliphatic carbocycles. The predicted molar refractivity (Wildman–Crippen MR) is 73.8 cm³/mol. The summed E-state index contributed by atoms with van der Waals surface area (Å²) < 4.78 is 13.1. The number of hydrogen-bond acceptors (Lipinski definition) is 2. The molecule has 0 aliphatic rings. The zero-order valence-electron chi connectivity index (χ0n) is 11.9. The monoisotopic (exact) mass is 281 g/mol. The fraction of sp³-hybridized carbons (Fsp3) is 0.467. The van der Waals surface area contributed by atoms with Gasteiger partial charge in [-0.15, -0.1) is 0 Å². The second-order valence-electron chi connectivity index (χ2n) is 4.99. The van der Waals surface area contributed by atoms with Crippen molar-refractivity contribution < 1.29 is 19.1 Å². The van der Waals surface area contributed by atoms with Crippen LogP contribution in [-0.4, -0.2) is 23.0 Å². The molecule has 1 aromatic rings. The summed E-state index contributed by atoms with van der Waals surface area (Å²) in [6, 6.07) is 4.82. The van der Waals surface area contributed by atoms with E-state index in [2.05, 4.69) is 5.32 Å². The van der Waals surface area contributed by atoms with E-state index in [-0.39, 0.29) is 5.92 Å². The molecule has 0 radical (unpaired) electrons. The van der Waals surface area contributed by atoms with Crippen LogP contribution in [0.5, 0.6) is 0 Å². The number of hydrogen-bond donors (Lipinski definition) is 2. The van der Waals surface area contributed by atoms with Crippen LogP contribution in [0.4, 0.5) is 4.39 Å². The van der Waals surface area contributed by atoms with Crippen LogP contribution in [0.3, 0.4) is 0 Å². The van der Waals surface area contributed by atoms with Crippen LogP contribution in [0, 0.1) is 11.7 Å². The van der Waals surface area contributed by atoms with Crippen molar-refractivity contribution in [3.8, 4) is 0 Å². The standard InChI is InChI=1S/C15H20FNO3/c1-4-9(2)13(15(19)20)17-14(18)10(3)11-6-5-7-12(16)8-11/h5-10,13H,4H2,1-3H3,(H,17,18)(H,19,20)/t9-,10+,13-/m0/s1. The van der Waals surface area contributed by atoms with E-state index >= 15 is 0 Å². The van der Waals surface area contributed by atoms with Gasteiger partial charge < -0.3 is 10.4 Å². The summed E-state index contributed by atoms with van der Waals surface area (Å²) in [5.41, 5.74) is 0.524. The molecule has 1 aromatic carbocycles. The van der Waals surface area contributed by atoms with Crippen LogP contribution in [0.2, 0.25) is 0 Å². The van der Waals surface area contributed by atoms with E-state index in [0.717, 1.165) is 0 Å². The van der Waals surface area contributed by atoms with E-state index < -0.39 is 29.7 Å². The number of carbonyl (C=O) groups is 2. The Morgan fingerprint density at radius 2 is 2.00 bits per heavy atom. The Morgan fingerprint density at radius 3 is 2.50 bits per heavy atom. The first-order chi connectivity index (χ1) is 9.36. The van der Waals surface area contributed by atoms with Gasteiger partial charge in [0.15, 0.2) is 0 Å². The predicted octanol–water partition coefficient (Wildman–Crippen LogP) is 2.54. The lowest BCUT2D eigenvalue weighted by Gasteiger charge is -2.22. The van der Waals surface area contributed by atoms with Gasteiger partial charge in [-0.05, 0) is 30.5 Å². The number of halogens is 1. The minimum absolute atomic E-state index is 0.170. The van der Waals surface area contributed by atoms with Gasteiger partial charge in [-0.2, -0.15) is 0 Å². The first-order valence-corrected chi connectivity index (χ1v) is 6.65. The fourth-order valence-corrected chi connectivity index (χ4v) is 1.89. The second kappa shape index (κ2) is 7.03. The molecule has 0 bridgehead atoms. The van der Waals surface area contributed by atoms with Crippen LogP contribution in [0.25, 0.3) is 0 Å². The van der Waals surface area contributed by atoms with Crippen molar-refractivity contribution >= 4 is 11.9 Å². The summed E-state index contributed by atoms with van der Waals surface area (Å²) in [7, 11) is 0. The molecule has 0 heterocycles. The molecule has 1 amide bonds. The second-order valence-corrected chi connectivity index (χ2v) is 4.99. The maximum atomic E-state index is 13.1. The maximum absolute atomic E-state index is 13.1. The zero-order valence-corrected chi connectivity index (χ0v) is 11.9. The Kier molecular flexibility index (Phi) is 5.67. The van der Waals surface area contributed by atoms with Crippen LogP contribution < -0.4 is 5.32 Å². The number of amides is 1. The highest BCUT2D eigenvalue weighted by atomic mass is 19.1. The molecule has 0 aromatic heterocycles. The molecule has 2 N–H and O–H groups in total. The third-order valence-corrected chi connectivity index (χ3v) is 3.52. The van der Waals surface area contributed by atoms with Gasteiger partial charge in [-0.25, -0.2) is 9.18 Å². The average molecular weight is 281 g/mol. The van der Waals surface area contributed by atoms with Gasteiger partial charge in [0.1, 0.15) is 11.9 Å². The Hall–Kier alpha value is -1.91. The van der Waals surface area contributed by atoms with E-state index in [1.165, 1.54) is 18.2 Å². The van der Waals surface area contributed by atoms with Crippen molar-refractivity contribution in [2.45, 2.75) is 39.2 Å². The van der Waals surface area contributed by atoms with Gasteiger partial charge in [-0.3, -0.25) is 4.79 Å². The highest BCUT2D eigenvalue weighted by Gasteiger charge is 2.27. The molecule has 0 unspecified atom stereocenters. The van der Waals surface area contributed by atoms with E-state index in [1.54, 1.807) is 19.9 Å². The van der Waals surface area contributed by atoms with Gasteiger partial charge in [0.25, 0.3) is 0 Å². The third-order valence-electron chi connectivity index (χ3n) is 3.52. The number of rotatable bonds is 6. The normalized spacial score (nSPS) is 15.2. The highest BCUT2D eigenvalue weighted by Crippen LogP contribution is 2.17. The molecule has 110 valence electrons. The summed E-state index contributed by atoms with van der Waals surface area (Å²) in [4.78, 5) is 23.3. The molecule has 0 spiro atoms. The topological polar surface area (TPSA) is 66.4 Å². The molecular weight excluding hydrogens is 261 g/mol. The van der Waals surface area contributed by atoms with Crippen molar-refractivity contribution in [2.75, 3.05) is 0 Å². The molecule has 0 saturated carbocycles. The van der Waals surface area contributed by atoms with Crippen LogP contribution in [-0.2, 0) is 9.59 Å². The quantitative estimate of drug-likeness (QED) is 0.842. The molecule has 1 rings (SSSR count). The number of nitrogens with one attached hydrogen (secondary N) is 1. The molecule has 0 aliphatic heterocycles. The first kappa shape index (κ1) is 16.1. The van der Waals surface area contributed by atoms with Gasteiger partial charge in [0.2, 0.25) is 5.91 Å². The molecule has 4 nitrogen and oxygen atoms in total. The molecule has 0 saturated heterocycles. The zero-order chi connectivity index (χ0) is 15.3. The van der Waals surface area contributed by atoms with Crippen LogP contribution in [0.1, 0.15) is 38.7 Å². The fourth-order valence-electron chi connectivity index (χ4n) is 1.89. The Labute approximate surface area is 118 Å². The number of aliphatic carboxylic acids is 1. The van der Waals surface area contributed by atoms with Crippen molar-refractivity contribution in [1.29, 1.82) is 0 Å². The van der Waals surface area contributed by atoms with Gasteiger partial charge in [-0.1, -0.05) is 32.4 Å². The third kappa shape index (κ3) is 4.05. The minimum Gasteiger partial charge on any atom is -0.480 e. The summed E-state index contributed by atoms with van der Waals surface area (Å²) in [5, 5.41) is 11.7.